The van der Waals surface area contributed by atoms with Crippen LogP contribution in [0.5, 0.6) is 0 Å². The van der Waals surface area contributed by atoms with E-state index in [2.05, 4.69) is 138 Å². The number of nitrogens with zero attached hydrogens (tertiary/aromatic N) is 2. The van der Waals surface area contributed by atoms with Crippen molar-refractivity contribution in [1.82, 2.24) is 9.55 Å². The summed E-state index contributed by atoms with van der Waals surface area (Å²) in [5.41, 5.74) is 14.7. The van der Waals surface area contributed by atoms with Crippen LogP contribution < -0.4 is 0 Å². The van der Waals surface area contributed by atoms with Crippen LogP contribution in [-0.2, 0) is 25.5 Å². The number of benzene rings is 5. The van der Waals surface area contributed by atoms with E-state index < -0.39 is 0 Å². The molecule has 1 aliphatic rings. The summed E-state index contributed by atoms with van der Waals surface area (Å²) in [5, 5.41) is 4.84. The van der Waals surface area contributed by atoms with E-state index in [0.29, 0.717) is 0 Å². The van der Waals surface area contributed by atoms with Crippen molar-refractivity contribution in [2.45, 2.75) is 19.3 Å². The molecule has 1 radical (unpaired) electrons. The molecule has 0 amide bonds. The van der Waals surface area contributed by atoms with E-state index in [4.69, 9.17) is 0 Å². The number of thiophene rings is 1. The second-order valence-corrected chi connectivity index (χ2v) is 13.3. The topological polar surface area (TPSA) is 17.8 Å². The second kappa shape index (κ2) is 11.0. The molecule has 2 nitrogen and oxygen atoms in total. The first-order chi connectivity index (χ1) is 22.1. The van der Waals surface area contributed by atoms with Crippen molar-refractivity contribution in [3.05, 3.63) is 156 Å². The quantitative estimate of drug-likeness (QED) is 0.163. The van der Waals surface area contributed by atoms with Crippen molar-refractivity contribution in [2.75, 3.05) is 0 Å². The fourth-order valence-electron chi connectivity index (χ4n) is 7.18. The molecule has 4 heteroatoms. The first-order valence-electron chi connectivity index (χ1n) is 15.4. The zero-order valence-corrected chi connectivity index (χ0v) is 28.6. The van der Waals surface area contributed by atoms with Gasteiger partial charge in [-0.05, 0) is 93.0 Å². The second-order valence-electron chi connectivity index (χ2n) is 12.4. The van der Waals surface area contributed by atoms with Crippen LogP contribution in [0.3, 0.4) is 0 Å². The molecule has 5 aromatic carbocycles. The Morgan fingerprint density at radius 3 is 2.30 bits per heavy atom. The average Bonchev–Trinajstić information content (AvgIpc) is 3.77. The number of rotatable bonds is 4. The van der Waals surface area contributed by atoms with E-state index >= 15 is 0 Å². The first kappa shape index (κ1) is 28.8. The fourth-order valence-corrected chi connectivity index (χ4v) is 8.09. The fraction of sp³-hybridized carbons (Fsp3) is 0.0714. The number of hydrogen-bond donors (Lipinski definition) is 0. The van der Waals surface area contributed by atoms with Crippen LogP contribution in [0, 0.1) is 6.07 Å². The molecule has 0 N–H and O–H groups in total. The molecule has 9 rings (SSSR count). The van der Waals surface area contributed by atoms with E-state index in [-0.39, 0.29) is 25.5 Å². The van der Waals surface area contributed by atoms with Crippen LogP contribution >= 0.6 is 11.3 Å². The maximum absolute atomic E-state index is 4.53. The molecular formula is C42H29IrN2S-. The molecular weight excluding hydrogens is 757 g/mol. The van der Waals surface area contributed by atoms with Gasteiger partial charge in [0.2, 0.25) is 0 Å². The standard InChI is InChI=1S/C42H29N2S.Ir/c1-42(2)36-16-7-6-15-32(36)33-24-35-34-22-27(18-19-39(34)44(40(35)25-37(33)42)31-13-4-3-5-14-31)30-23-41(45-26-30)29-12-10-11-28(21-29)38-17-8-9-20-43-38;/h3-10,12-26H,1-2H3;/q-1;. The van der Waals surface area contributed by atoms with E-state index in [1.165, 1.54) is 71.3 Å². The van der Waals surface area contributed by atoms with E-state index in [1.54, 1.807) is 11.3 Å². The van der Waals surface area contributed by atoms with Crippen molar-refractivity contribution >= 4 is 33.1 Å². The number of hydrogen-bond acceptors (Lipinski definition) is 2. The van der Waals surface area contributed by atoms with Crippen molar-refractivity contribution < 1.29 is 20.1 Å². The third kappa shape index (κ3) is 4.44. The normalized spacial score (nSPS) is 13.0. The minimum absolute atomic E-state index is 0. The van der Waals surface area contributed by atoms with Gasteiger partial charge in [0.15, 0.2) is 0 Å². The first-order valence-corrected chi connectivity index (χ1v) is 16.2. The maximum atomic E-state index is 4.53. The van der Waals surface area contributed by atoms with Crippen LogP contribution in [0.25, 0.3) is 71.4 Å². The number of fused-ring (bicyclic) bond motifs is 6. The summed E-state index contributed by atoms with van der Waals surface area (Å²) in [6.07, 6.45) is 1.83. The summed E-state index contributed by atoms with van der Waals surface area (Å²) in [5.74, 6) is 0. The molecule has 0 unspecified atom stereocenters. The predicted molar refractivity (Wildman–Crippen MR) is 189 cm³/mol. The molecule has 3 heterocycles. The Hall–Kier alpha value is -4.60. The Morgan fingerprint density at radius 1 is 0.652 bits per heavy atom. The molecule has 1 aliphatic carbocycles. The van der Waals surface area contributed by atoms with Gasteiger partial charge < -0.3 is 9.55 Å². The SMILES string of the molecule is CC1(C)c2ccccc2-c2cc3c4cc(-c5csc(-c6cc[c-]c(-c7ccccn7)c6)c5)ccc4n(-c4ccccc4)c3cc21.[Ir]. The summed E-state index contributed by atoms with van der Waals surface area (Å²) < 4.78 is 2.44. The van der Waals surface area contributed by atoms with E-state index in [1.807, 2.05) is 30.5 Å². The molecule has 8 aromatic rings. The monoisotopic (exact) mass is 786 g/mol. The van der Waals surface area contributed by atoms with Crippen molar-refractivity contribution in [2.24, 2.45) is 0 Å². The van der Waals surface area contributed by atoms with Crippen molar-refractivity contribution in [3.8, 4) is 49.6 Å². The molecule has 0 spiro atoms. The van der Waals surface area contributed by atoms with Crippen molar-refractivity contribution in [1.29, 1.82) is 0 Å². The molecule has 223 valence electrons. The maximum Gasteiger partial charge on any atom is 0.0544 e. The summed E-state index contributed by atoms with van der Waals surface area (Å²) in [7, 11) is 0. The van der Waals surface area contributed by atoms with Gasteiger partial charge in [-0.15, -0.1) is 41.2 Å². The average molecular weight is 786 g/mol. The Labute approximate surface area is 286 Å². The van der Waals surface area contributed by atoms with Gasteiger partial charge in [-0.25, -0.2) is 0 Å². The smallest absolute Gasteiger partial charge is 0.0544 e. The van der Waals surface area contributed by atoms with Crippen LogP contribution in [0.15, 0.2) is 139 Å². The molecule has 0 saturated heterocycles. The molecule has 0 bridgehead atoms. The van der Waals surface area contributed by atoms with Crippen molar-refractivity contribution in [3.63, 3.8) is 0 Å². The Bertz CT molecular complexity index is 2400. The van der Waals surface area contributed by atoms with Crippen LogP contribution in [0.2, 0.25) is 0 Å². The zero-order chi connectivity index (χ0) is 30.1. The Kier molecular flexibility index (Phi) is 6.92. The van der Waals surface area contributed by atoms with Gasteiger partial charge in [0.25, 0.3) is 0 Å². The Balaban J connectivity index is 0.00000312. The number of pyridine rings is 1. The molecule has 0 atom stereocenters. The Morgan fingerprint density at radius 2 is 1.46 bits per heavy atom. The third-order valence-corrected chi connectivity index (χ3v) is 10.4. The van der Waals surface area contributed by atoms with Gasteiger partial charge >= 0.3 is 0 Å². The van der Waals surface area contributed by atoms with Gasteiger partial charge in [-0.1, -0.05) is 80.1 Å². The molecule has 0 saturated carbocycles. The van der Waals surface area contributed by atoms with E-state index in [9.17, 15) is 0 Å². The summed E-state index contributed by atoms with van der Waals surface area (Å²) in [4.78, 5) is 5.76. The zero-order valence-electron chi connectivity index (χ0n) is 25.4. The van der Waals surface area contributed by atoms with E-state index in [0.717, 1.165) is 11.3 Å². The number of para-hydroxylation sites is 1. The van der Waals surface area contributed by atoms with Crippen LogP contribution in [-0.4, -0.2) is 9.55 Å². The van der Waals surface area contributed by atoms with Gasteiger partial charge in [-0.2, -0.15) is 0 Å². The minimum Gasteiger partial charge on any atom is -0.309 e. The number of aromatic nitrogens is 2. The molecule has 46 heavy (non-hydrogen) atoms. The third-order valence-electron chi connectivity index (χ3n) is 9.44. The van der Waals surface area contributed by atoms with Gasteiger partial charge in [-0.3, -0.25) is 0 Å². The summed E-state index contributed by atoms with van der Waals surface area (Å²) in [6.45, 7) is 4.71. The minimum atomic E-state index is -0.0536. The van der Waals surface area contributed by atoms with Gasteiger partial charge in [0.05, 0.1) is 11.0 Å². The van der Waals surface area contributed by atoms with Crippen LogP contribution in [0.4, 0.5) is 0 Å². The largest absolute Gasteiger partial charge is 0.309 e. The summed E-state index contributed by atoms with van der Waals surface area (Å²) in [6, 6.07) is 49.5. The molecule has 3 aromatic heterocycles. The predicted octanol–water partition coefficient (Wildman–Crippen LogP) is 11.3. The van der Waals surface area contributed by atoms with Gasteiger partial charge in [0.1, 0.15) is 0 Å². The summed E-state index contributed by atoms with van der Waals surface area (Å²) >= 11 is 1.78. The van der Waals surface area contributed by atoms with Crippen LogP contribution in [0.1, 0.15) is 25.0 Å². The molecule has 0 fully saturated rings. The van der Waals surface area contributed by atoms with Gasteiger partial charge in [0, 0.05) is 53.1 Å². The molecule has 0 aliphatic heterocycles.